The van der Waals surface area contributed by atoms with Crippen LogP contribution in [0.4, 0.5) is 11.4 Å². The minimum absolute atomic E-state index is 0.859. The SMILES string of the molecule is C=C(C)Nc1ccccc1C(=C)Nc1ccc(C)cc1. The smallest absolute Gasteiger partial charge is 0.0476 e. The first-order valence-corrected chi connectivity index (χ1v) is 6.61. The van der Waals surface area contributed by atoms with Crippen LogP contribution in [0, 0.1) is 6.92 Å². The van der Waals surface area contributed by atoms with Crippen molar-refractivity contribution >= 4 is 17.1 Å². The van der Waals surface area contributed by atoms with Crippen molar-refractivity contribution in [1.29, 1.82) is 0 Å². The molecule has 20 heavy (non-hydrogen) atoms. The molecule has 0 atom stereocenters. The second kappa shape index (κ2) is 6.11. The molecule has 2 rings (SSSR count). The van der Waals surface area contributed by atoms with Crippen LogP contribution in [0.1, 0.15) is 18.1 Å². The fourth-order valence-corrected chi connectivity index (χ4v) is 1.96. The van der Waals surface area contributed by atoms with E-state index in [4.69, 9.17) is 0 Å². The molecule has 0 fully saturated rings. The highest BCUT2D eigenvalue weighted by Crippen LogP contribution is 2.25. The Bertz CT molecular complexity index is 624. The van der Waals surface area contributed by atoms with Gasteiger partial charge in [-0.05, 0) is 32.0 Å². The van der Waals surface area contributed by atoms with Crippen molar-refractivity contribution in [2.45, 2.75) is 13.8 Å². The predicted octanol–water partition coefficient (Wildman–Crippen LogP) is 5.02. The number of rotatable bonds is 5. The van der Waals surface area contributed by atoms with Gasteiger partial charge in [-0.15, -0.1) is 0 Å². The molecular formula is C18H20N2. The molecule has 2 nitrogen and oxygen atoms in total. The maximum Gasteiger partial charge on any atom is 0.0476 e. The van der Waals surface area contributed by atoms with Gasteiger partial charge < -0.3 is 10.6 Å². The summed E-state index contributed by atoms with van der Waals surface area (Å²) in [6.45, 7) is 12.0. The van der Waals surface area contributed by atoms with Crippen molar-refractivity contribution in [1.82, 2.24) is 0 Å². The van der Waals surface area contributed by atoms with Crippen LogP contribution in [0.5, 0.6) is 0 Å². The van der Waals surface area contributed by atoms with Gasteiger partial charge in [-0.1, -0.05) is 49.1 Å². The highest BCUT2D eigenvalue weighted by molar-refractivity contribution is 5.82. The summed E-state index contributed by atoms with van der Waals surface area (Å²) in [4.78, 5) is 0. The minimum Gasteiger partial charge on any atom is -0.359 e. The predicted molar refractivity (Wildman–Crippen MR) is 88.7 cm³/mol. The summed E-state index contributed by atoms with van der Waals surface area (Å²) in [5.74, 6) is 0. The van der Waals surface area contributed by atoms with Crippen LogP contribution in [0.15, 0.2) is 67.4 Å². The highest BCUT2D eigenvalue weighted by Gasteiger charge is 2.05. The zero-order chi connectivity index (χ0) is 14.5. The second-order valence-electron chi connectivity index (χ2n) is 4.92. The van der Waals surface area contributed by atoms with Gasteiger partial charge in [0, 0.05) is 28.3 Å². The number of nitrogens with one attached hydrogen (secondary N) is 2. The van der Waals surface area contributed by atoms with Gasteiger partial charge in [-0.25, -0.2) is 0 Å². The zero-order valence-corrected chi connectivity index (χ0v) is 12.0. The van der Waals surface area contributed by atoms with E-state index in [2.05, 4.69) is 55.0 Å². The fraction of sp³-hybridized carbons (Fsp3) is 0.111. The Morgan fingerprint density at radius 3 is 2.20 bits per heavy atom. The first kappa shape index (κ1) is 13.9. The number of hydrogen-bond donors (Lipinski definition) is 2. The van der Waals surface area contributed by atoms with E-state index < -0.39 is 0 Å². The lowest BCUT2D eigenvalue weighted by Crippen LogP contribution is -2.02. The van der Waals surface area contributed by atoms with Gasteiger partial charge in [0.15, 0.2) is 0 Å². The monoisotopic (exact) mass is 264 g/mol. The molecule has 0 saturated carbocycles. The summed E-state index contributed by atoms with van der Waals surface area (Å²) in [7, 11) is 0. The summed E-state index contributed by atoms with van der Waals surface area (Å²) in [6.07, 6.45) is 0. The number of para-hydroxylation sites is 1. The molecule has 0 aliphatic rings. The van der Waals surface area contributed by atoms with Gasteiger partial charge in [-0.2, -0.15) is 0 Å². The topological polar surface area (TPSA) is 24.1 Å². The average molecular weight is 264 g/mol. The average Bonchev–Trinajstić information content (AvgIpc) is 2.41. The van der Waals surface area contributed by atoms with Crippen molar-refractivity contribution < 1.29 is 0 Å². The van der Waals surface area contributed by atoms with Crippen LogP contribution in [0.25, 0.3) is 5.70 Å². The molecular weight excluding hydrogens is 244 g/mol. The maximum absolute atomic E-state index is 4.13. The number of hydrogen-bond acceptors (Lipinski definition) is 2. The quantitative estimate of drug-likeness (QED) is 0.792. The van der Waals surface area contributed by atoms with E-state index in [1.54, 1.807) is 0 Å². The van der Waals surface area contributed by atoms with E-state index >= 15 is 0 Å². The summed E-state index contributed by atoms with van der Waals surface area (Å²) >= 11 is 0. The molecule has 0 heterocycles. The normalized spacial score (nSPS) is 9.90. The molecule has 0 radical (unpaired) electrons. The van der Waals surface area contributed by atoms with Crippen molar-refractivity contribution in [2.24, 2.45) is 0 Å². The zero-order valence-electron chi connectivity index (χ0n) is 12.0. The molecule has 2 aromatic carbocycles. The Morgan fingerprint density at radius 2 is 1.55 bits per heavy atom. The number of anilines is 2. The third kappa shape index (κ3) is 3.51. The summed E-state index contributed by atoms with van der Waals surface area (Å²) < 4.78 is 0. The summed E-state index contributed by atoms with van der Waals surface area (Å²) in [6, 6.07) is 16.3. The van der Waals surface area contributed by atoms with Gasteiger partial charge >= 0.3 is 0 Å². The van der Waals surface area contributed by atoms with E-state index in [0.29, 0.717) is 0 Å². The minimum atomic E-state index is 0.859. The van der Waals surface area contributed by atoms with E-state index in [1.807, 2.05) is 31.2 Å². The Hall–Kier alpha value is -2.48. The molecule has 2 heteroatoms. The Balaban J connectivity index is 2.20. The fourth-order valence-electron chi connectivity index (χ4n) is 1.96. The molecule has 0 aromatic heterocycles. The lowest BCUT2D eigenvalue weighted by molar-refractivity contribution is 1.38. The lowest BCUT2D eigenvalue weighted by atomic mass is 10.1. The molecule has 0 aliphatic carbocycles. The Morgan fingerprint density at radius 1 is 0.900 bits per heavy atom. The van der Waals surface area contributed by atoms with Crippen molar-refractivity contribution in [2.75, 3.05) is 10.6 Å². The Labute approximate surface area is 120 Å². The van der Waals surface area contributed by atoms with Crippen LogP contribution >= 0.6 is 0 Å². The van der Waals surface area contributed by atoms with Gasteiger partial charge in [0.25, 0.3) is 0 Å². The second-order valence-corrected chi connectivity index (χ2v) is 4.92. The van der Waals surface area contributed by atoms with Crippen molar-refractivity contribution in [3.8, 4) is 0 Å². The summed E-state index contributed by atoms with van der Waals surface area (Å²) in [5.41, 5.74) is 6.08. The van der Waals surface area contributed by atoms with E-state index in [0.717, 1.165) is 28.3 Å². The molecule has 0 unspecified atom stereocenters. The lowest BCUT2D eigenvalue weighted by Gasteiger charge is -2.15. The van der Waals surface area contributed by atoms with Crippen LogP contribution < -0.4 is 10.6 Å². The third-order valence-corrected chi connectivity index (χ3v) is 2.95. The first-order valence-electron chi connectivity index (χ1n) is 6.61. The largest absolute Gasteiger partial charge is 0.359 e. The number of allylic oxidation sites excluding steroid dienone is 1. The maximum atomic E-state index is 4.13. The molecule has 0 bridgehead atoms. The van der Waals surface area contributed by atoms with Gasteiger partial charge in [0.1, 0.15) is 0 Å². The number of aryl methyl sites for hydroxylation is 1. The van der Waals surface area contributed by atoms with E-state index in [1.165, 1.54) is 5.56 Å². The highest BCUT2D eigenvalue weighted by atomic mass is 14.9. The van der Waals surface area contributed by atoms with Crippen LogP contribution in [0.2, 0.25) is 0 Å². The van der Waals surface area contributed by atoms with Gasteiger partial charge in [0.2, 0.25) is 0 Å². The molecule has 0 aliphatic heterocycles. The van der Waals surface area contributed by atoms with E-state index in [-0.39, 0.29) is 0 Å². The molecule has 2 aromatic rings. The van der Waals surface area contributed by atoms with E-state index in [9.17, 15) is 0 Å². The molecule has 0 spiro atoms. The third-order valence-electron chi connectivity index (χ3n) is 2.95. The molecule has 0 amide bonds. The first-order chi connectivity index (χ1) is 9.56. The van der Waals surface area contributed by atoms with Crippen molar-refractivity contribution in [3.63, 3.8) is 0 Å². The molecule has 102 valence electrons. The molecule has 2 N–H and O–H groups in total. The standard InChI is InChI=1S/C18H20N2/c1-13(2)19-18-8-6-5-7-17(18)15(4)20-16-11-9-14(3)10-12-16/h5-12,19-20H,1,4H2,2-3H3. The molecule has 0 saturated heterocycles. The van der Waals surface area contributed by atoms with Crippen molar-refractivity contribution in [3.05, 3.63) is 78.5 Å². The summed E-state index contributed by atoms with van der Waals surface area (Å²) in [5, 5.41) is 6.59. The van der Waals surface area contributed by atoms with Crippen LogP contribution in [0.3, 0.4) is 0 Å². The Kier molecular flexibility index (Phi) is 4.26. The number of benzene rings is 2. The van der Waals surface area contributed by atoms with Gasteiger partial charge in [-0.3, -0.25) is 0 Å². The van der Waals surface area contributed by atoms with Crippen LogP contribution in [-0.4, -0.2) is 0 Å². The van der Waals surface area contributed by atoms with Gasteiger partial charge in [0.05, 0.1) is 0 Å². The van der Waals surface area contributed by atoms with Crippen LogP contribution in [-0.2, 0) is 0 Å².